The molecule has 0 spiro atoms. The van der Waals surface area contributed by atoms with Crippen molar-refractivity contribution in [3.8, 4) is 0 Å². The van der Waals surface area contributed by atoms with Crippen LogP contribution in [-0.2, 0) is 9.59 Å². The van der Waals surface area contributed by atoms with E-state index in [0.29, 0.717) is 24.5 Å². The van der Waals surface area contributed by atoms with Gasteiger partial charge in [-0.1, -0.05) is 12.2 Å². The number of likely N-dealkylation sites (tertiary alicyclic amines) is 1. The molecule has 1 aliphatic rings. The number of benzene rings is 1. The molecule has 0 bridgehead atoms. The molecule has 1 aromatic rings. The number of hydrazone groups is 1. The summed E-state index contributed by atoms with van der Waals surface area (Å²) in [7, 11) is 0. The summed E-state index contributed by atoms with van der Waals surface area (Å²) in [5.41, 5.74) is 9.76. The van der Waals surface area contributed by atoms with E-state index in [0.717, 1.165) is 12.8 Å². The summed E-state index contributed by atoms with van der Waals surface area (Å²) in [6.07, 6.45) is 1.96. The average Bonchev–Trinajstić information content (AvgIpc) is 3.02. The van der Waals surface area contributed by atoms with Crippen molar-refractivity contribution in [2.45, 2.75) is 19.8 Å². The molecule has 1 fully saturated rings. The van der Waals surface area contributed by atoms with E-state index in [9.17, 15) is 9.59 Å². The Morgan fingerprint density at radius 2 is 1.74 bits per heavy atom. The van der Waals surface area contributed by atoms with Crippen LogP contribution in [0.4, 0.5) is 11.4 Å². The second-order valence-electron chi connectivity index (χ2n) is 5.19. The van der Waals surface area contributed by atoms with E-state index in [-0.39, 0.29) is 22.5 Å². The number of nitrogens with one attached hydrogen (secondary N) is 2. The molecule has 0 radical (unpaired) electrons. The second kappa shape index (κ2) is 7.68. The van der Waals surface area contributed by atoms with Crippen LogP contribution in [0.2, 0.25) is 0 Å². The molecular weight excluding hydrogens is 314 g/mol. The van der Waals surface area contributed by atoms with Gasteiger partial charge in [-0.3, -0.25) is 15.0 Å². The summed E-state index contributed by atoms with van der Waals surface area (Å²) in [5, 5.41) is 6.72. The number of amides is 2. The van der Waals surface area contributed by atoms with E-state index in [1.54, 1.807) is 29.2 Å². The quantitative estimate of drug-likeness (QED) is 0.429. The molecule has 1 aliphatic heterocycles. The van der Waals surface area contributed by atoms with Gasteiger partial charge in [0, 0.05) is 25.7 Å². The topological polar surface area (TPSA) is 99.8 Å². The van der Waals surface area contributed by atoms with Gasteiger partial charge in [0.2, 0.25) is 5.91 Å². The van der Waals surface area contributed by atoms with Crippen molar-refractivity contribution >= 4 is 46.1 Å². The molecule has 1 heterocycles. The van der Waals surface area contributed by atoms with Crippen molar-refractivity contribution in [1.82, 2.24) is 4.90 Å². The Hall–Kier alpha value is -2.48. The first-order valence-electron chi connectivity index (χ1n) is 7.28. The average molecular weight is 333 g/mol. The van der Waals surface area contributed by atoms with E-state index in [1.165, 1.54) is 6.92 Å². The fraction of sp³-hybridized carbons (Fsp3) is 0.333. The highest BCUT2D eigenvalue weighted by molar-refractivity contribution is 7.82. The molecule has 2 rings (SSSR count). The second-order valence-corrected chi connectivity index (χ2v) is 5.63. The van der Waals surface area contributed by atoms with Gasteiger partial charge in [-0.2, -0.15) is 5.10 Å². The molecule has 23 heavy (non-hydrogen) atoms. The van der Waals surface area contributed by atoms with E-state index in [4.69, 9.17) is 18.0 Å². The van der Waals surface area contributed by atoms with Crippen molar-refractivity contribution in [3.63, 3.8) is 0 Å². The molecule has 4 N–H and O–H groups in total. The van der Waals surface area contributed by atoms with Gasteiger partial charge in [0.25, 0.3) is 5.91 Å². The van der Waals surface area contributed by atoms with Crippen LogP contribution in [0.5, 0.6) is 0 Å². The van der Waals surface area contributed by atoms with Gasteiger partial charge in [-0.05, 0) is 37.1 Å². The van der Waals surface area contributed by atoms with Gasteiger partial charge in [0.1, 0.15) is 4.99 Å². The predicted octanol–water partition coefficient (Wildman–Crippen LogP) is 1.32. The third-order valence-electron chi connectivity index (χ3n) is 3.33. The first kappa shape index (κ1) is 16.9. The monoisotopic (exact) mass is 333 g/mol. The minimum absolute atomic E-state index is 0.0377. The molecule has 1 aromatic carbocycles. The maximum Gasteiger partial charge on any atom is 0.277 e. The molecule has 1 saturated heterocycles. The number of hydrogen-bond donors (Lipinski definition) is 3. The minimum atomic E-state index is -0.252. The summed E-state index contributed by atoms with van der Waals surface area (Å²) in [4.78, 5) is 24.9. The normalized spacial score (nSPS) is 14.5. The van der Waals surface area contributed by atoms with Crippen LogP contribution >= 0.6 is 12.2 Å². The number of carbonyl (C=O) groups is 2. The van der Waals surface area contributed by atoms with E-state index < -0.39 is 0 Å². The number of anilines is 2. The Balaban J connectivity index is 2.06. The van der Waals surface area contributed by atoms with Crippen LogP contribution in [0, 0.1) is 0 Å². The van der Waals surface area contributed by atoms with Gasteiger partial charge < -0.3 is 16.0 Å². The lowest BCUT2D eigenvalue weighted by Crippen LogP contribution is -2.40. The van der Waals surface area contributed by atoms with Gasteiger partial charge in [0.05, 0.1) is 5.69 Å². The van der Waals surface area contributed by atoms with Crippen LogP contribution in [0.1, 0.15) is 19.8 Å². The Labute approximate surface area is 139 Å². The summed E-state index contributed by atoms with van der Waals surface area (Å²) < 4.78 is 0. The molecule has 0 unspecified atom stereocenters. The zero-order valence-electron chi connectivity index (χ0n) is 12.8. The first-order valence-corrected chi connectivity index (χ1v) is 7.68. The zero-order chi connectivity index (χ0) is 16.8. The van der Waals surface area contributed by atoms with E-state index >= 15 is 0 Å². The Morgan fingerprint density at radius 3 is 2.26 bits per heavy atom. The van der Waals surface area contributed by atoms with Crippen molar-refractivity contribution < 1.29 is 9.59 Å². The third kappa shape index (κ3) is 4.75. The third-order valence-corrected chi connectivity index (χ3v) is 3.52. The largest absolute Gasteiger partial charge is 0.388 e. The van der Waals surface area contributed by atoms with Crippen molar-refractivity contribution in [3.05, 3.63) is 24.3 Å². The molecular formula is C15H19N5O2S. The van der Waals surface area contributed by atoms with Gasteiger partial charge in [-0.15, -0.1) is 0 Å². The molecule has 0 atom stereocenters. The highest BCUT2D eigenvalue weighted by Gasteiger charge is 2.24. The lowest BCUT2D eigenvalue weighted by Gasteiger charge is -2.16. The number of rotatable bonds is 5. The number of thiocarbonyl (C=S) groups is 1. The first-order chi connectivity index (χ1) is 11.0. The Bertz CT molecular complexity index is 636. The maximum absolute atomic E-state index is 12.3. The highest BCUT2D eigenvalue weighted by atomic mass is 32.1. The van der Waals surface area contributed by atoms with Gasteiger partial charge >= 0.3 is 0 Å². The minimum Gasteiger partial charge on any atom is -0.388 e. The van der Waals surface area contributed by atoms with Crippen LogP contribution < -0.4 is 16.5 Å². The molecule has 0 aliphatic carbocycles. The van der Waals surface area contributed by atoms with Crippen molar-refractivity contribution in [2.75, 3.05) is 23.8 Å². The summed E-state index contributed by atoms with van der Waals surface area (Å²) in [5.74, 6) is -0.395. The summed E-state index contributed by atoms with van der Waals surface area (Å²) >= 11 is 4.92. The predicted molar refractivity (Wildman–Crippen MR) is 94.4 cm³/mol. The summed E-state index contributed by atoms with van der Waals surface area (Å²) in [6, 6.07) is 6.91. The van der Waals surface area contributed by atoms with Crippen LogP contribution in [0.15, 0.2) is 29.4 Å². The molecule has 122 valence electrons. The number of carbonyl (C=O) groups excluding carboxylic acids is 2. The summed E-state index contributed by atoms with van der Waals surface area (Å²) in [6.45, 7) is 2.84. The number of hydrogen-bond acceptors (Lipinski definition) is 5. The van der Waals surface area contributed by atoms with Crippen LogP contribution in [0.3, 0.4) is 0 Å². The zero-order valence-corrected chi connectivity index (χ0v) is 13.7. The van der Waals surface area contributed by atoms with Gasteiger partial charge in [-0.25, -0.2) is 0 Å². The molecule has 0 aromatic heterocycles. The smallest absolute Gasteiger partial charge is 0.277 e. The Kier molecular flexibility index (Phi) is 5.64. The van der Waals surface area contributed by atoms with Crippen LogP contribution in [0.25, 0.3) is 0 Å². The fourth-order valence-corrected chi connectivity index (χ4v) is 2.36. The van der Waals surface area contributed by atoms with Gasteiger partial charge in [0.15, 0.2) is 5.71 Å². The van der Waals surface area contributed by atoms with Crippen molar-refractivity contribution in [1.29, 1.82) is 0 Å². The molecule has 2 amide bonds. The molecule has 0 saturated carbocycles. The maximum atomic E-state index is 12.3. The number of nitrogens with zero attached hydrogens (tertiary/aromatic N) is 2. The van der Waals surface area contributed by atoms with Crippen LogP contribution in [-0.4, -0.2) is 40.5 Å². The highest BCUT2D eigenvalue weighted by Crippen LogP contribution is 2.14. The molecule has 7 nitrogen and oxygen atoms in total. The number of nitrogens with two attached hydrogens (primary N) is 1. The van der Waals surface area contributed by atoms with Crippen molar-refractivity contribution in [2.24, 2.45) is 10.8 Å². The Morgan fingerprint density at radius 1 is 1.17 bits per heavy atom. The van der Waals surface area contributed by atoms with E-state index in [1.807, 2.05) is 0 Å². The fourth-order valence-electron chi connectivity index (χ4n) is 2.23. The standard InChI is InChI=1S/C15H19N5O2S/c1-10(21)17-11-4-6-12(7-5-11)18-19-13(14(16)23)15(22)20-8-2-3-9-20/h4-7,18H,2-3,8-9H2,1H3,(H2,16,23)(H,17,21). The lowest BCUT2D eigenvalue weighted by molar-refractivity contribution is -0.122. The lowest BCUT2D eigenvalue weighted by atomic mass is 10.3. The SMILES string of the molecule is CC(=O)Nc1ccc(NN=C(C(=O)N2CCCC2)C(N)=S)cc1. The molecule has 8 heteroatoms. The van der Waals surface area contributed by atoms with E-state index in [2.05, 4.69) is 15.8 Å².